The summed E-state index contributed by atoms with van der Waals surface area (Å²) in [5.74, 6) is 1.86. The largest absolute Gasteiger partial charge is 0.489 e. The Morgan fingerprint density at radius 1 is 1.20 bits per heavy atom. The first-order valence-corrected chi connectivity index (χ1v) is 7.88. The van der Waals surface area contributed by atoms with Gasteiger partial charge >= 0.3 is 0 Å². The fourth-order valence-electron chi connectivity index (χ4n) is 2.26. The average molecular weight is 307 g/mol. The van der Waals surface area contributed by atoms with E-state index in [1.807, 2.05) is 42.5 Å². The Hall–Kier alpha value is -1.16. The molecule has 0 saturated heterocycles. The predicted molar refractivity (Wildman–Crippen MR) is 82.7 cm³/mol. The number of hydrogen-bond donors (Lipinski definition) is 1. The van der Waals surface area contributed by atoms with Crippen molar-refractivity contribution in [3.05, 3.63) is 58.6 Å². The second-order valence-corrected chi connectivity index (χ2v) is 6.34. The van der Waals surface area contributed by atoms with E-state index >= 15 is 0 Å². The van der Waals surface area contributed by atoms with Gasteiger partial charge in [0.2, 0.25) is 0 Å². The Bertz CT molecular complexity index is 598. The summed E-state index contributed by atoms with van der Waals surface area (Å²) >= 11 is 7.76. The van der Waals surface area contributed by atoms with Crippen LogP contribution in [0.25, 0.3) is 0 Å². The number of thioether (sulfide) groups is 1. The van der Waals surface area contributed by atoms with Gasteiger partial charge in [0.1, 0.15) is 11.9 Å². The Kier molecular flexibility index (Phi) is 4.20. The summed E-state index contributed by atoms with van der Waals surface area (Å²) in [4.78, 5) is 1.19. The van der Waals surface area contributed by atoms with Crippen LogP contribution in [0.2, 0.25) is 5.02 Å². The third kappa shape index (κ3) is 3.11. The van der Waals surface area contributed by atoms with Gasteiger partial charge in [-0.25, -0.2) is 0 Å². The van der Waals surface area contributed by atoms with E-state index in [4.69, 9.17) is 21.4 Å². The van der Waals surface area contributed by atoms with Gasteiger partial charge in [-0.1, -0.05) is 23.7 Å². The fourth-order valence-corrected chi connectivity index (χ4v) is 3.35. The minimum absolute atomic E-state index is 0.0900. The molecule has 2 nitrogen and oxygen atoms in total. The van der Waals surface area contributed by atoms with E-state index in [0.29, 0.717) is 0 Å². The molecule has 0 radical (unpaired) electrons. The molecular weight excluding hydrogens is 292 g/mol. The molecule has 0 bridgehead atoms. The molecular formula is C16H15ClO2S. The molecule has 2 aromatic carbocycles. The van der Waals surface area contributed by atoms with Crippen molar-refractivity contribution in [1.29, 1.82) is 0 Å². The van der Waals surface area contributed by atoms with E-state index in [9.17, 15) is 0 Å². The third-order valence-corrected chi connectivity index (χ3v) is 4.68. The summed E-state index contributed by atoms with van der Waals surface area (Å²) in [5.41, 5.74) is 2.13. The van der Waals surface area contributed by atoms with Gasteiger partial charge in [0, 0.05) is 22.1 Å². The fraction of sp³-hybridized carbons (Fsp3) is 0.250. The van der Waals surface area contributed by atoms with Gasteiger partial charge in [-0.15, -0.1) is 11.8 Å². The predicted octanol–water partition coefficient (Wildman–Crippen LogP) is 3.93. The van der Waals surface area contributed by atoms with E-state index in [1.54, 1.807) is 11.8 Å². The molecule has 1 aliphatic heterocycles. The zero-order chi connectivity index (χ0) is 13.9. The molecule has 0 spiro atoms. The Balaban J connectivity index is 1.58. The first kappa shape index (κ1) is 13.8. The minimum Gasteiger partial charge on any atom is -0.489 e. The van der Waals surface area contributed by atoms with Crippen LogP contribution in [0.3, 0.4) is 0 Å². The van der Waals surface area contributed by atoms with E-state index in [-0.39, 0.29) is 12.7 Å². The van der Waals surface area contributed by atoms with Gasteiger partial charge < -0.3 is 9.84 Å². The van der Waals surface area contributed by atoms with Crippen LogP contribution in [0.1, 0.15) is 11.1 Å². The number of fused-ring (bicyclic) bond motifs is 1. The first-order chi connectivity index (χ1) is 9.74. The molecule has 0 saturated carbocycles. The van der Waals surface area contributed by atoms with Gasteiger partial charge in [-0.3, -0.25) is 0 Å². The molecule has 3 rings (SSSR count). The maximum Gasteiger partial charge on any atom is 0.123 e. The van der Waals surface area contributed by atoms with Gasteiger partial charge in [0.15, 0.2) is 0 Å². The number of halogens is 1. The van der Waals surface area contributed by atoms with Crippen LogP contribution < -0.4 is 4.74 Å². The highest BCUT2D eigenvalue weighted by Crippen LogP contribution is 2.33. The van der Waals surface area contributed by atoms with Gasteiger partial charge in [-0.2, -0.15) is 0 Å². The first-order valence-electron chi connectivity index (χ1n) is 6.52. The van der Waals surface area contributed by atoms with Crippen LogP contribution in [0.4, 0.5) is 0 Å². The van der Waals surface area contributed by atoms with Gasteiger partial charge in [-0.05, 0) is 41.5 Å². The molecule has 0 aromatic heterocycles. The summed E-state index contributed by atoms with van der Waals surface area (Å²) in [5, 5.41) is 9.78. The number of hydrogen-bond acceptors (Lipinski definition) is 3. The summed E-state index contributed by atoms with van der Waals surface area (Å²) in [6, 6.07) is 13.8. The zero-order valence-electron chi connectivity index (χ0n) is 10.9. The Morgan fingerprint density at radius 2 is 2.00 bits per heavy atom. The molecule has 1 heterocycles. The van der Waals surface area contributed by atoms with Crippen molar-refractivity contribution in [2.75, 3.05) is 5.75 Å². The number of aliphatic hydroxyl groups excluding tert-OH is 1. The molecule has 0 fully saturated rings. The lowest BCUT2D eigenvalue weighted by atomic mass is 10.1. The van der Waals surface area contributed by atoms with Crippen molar-refractivity contribution in [1.82, 2.24) is 0 Å². The van der Waals surface area contributed by atoms with Crippen LogP contribution in [-0.2, 0) is 13.0 Å². The second kappa shape index (κ2) is 6.08. The Labute approximate surface area is 127 Å². The van der Waals surface area contributed by atoms with Crippen LogP contribution in [0, 0.1) is 0 Å². The van der Waals surface area contributed by atoms with Crippen molar-refractivity contribution >= 4 is 23.4 Å². The van der Waals surface area contributed by atoms with Crippen LogP contribution >= 0.6 is 23.4 Å². The smallest absolute Gasteiger partial charge is 0.123 e. The van der Waals surface area contributed by atoms with Crippen molar-refractivity contribution in [2.24, 2.45) is 0 Å². The molecule has 0 amide bonds. The van der Waals surface area contributed by atoms with Crippen molar-refractivity contribution in [2.45, 2.75) is 24.0 Å². The van der Waals surface area contributed by atoms with E-state index in [0.717, 1.165) is 28.5 Å². The number of aliphatic hydroxyl groups is 1. The molecule has 1 unspecified atom stereocenters. The van der Waals surface area contributed by atoms with Gasteiger partial charge in [0.05, 0.1) is 6.61 Å². The number of rotatable bonds is 4. The molecule has 4 heteroatoms. The lowest BCUT2D eigenvalue weighted by Crippen LogP contribution is -2.15. The molecule has 2 aromatic rings. The summed E-state index contributed by atoms with van der Waals surface area (Å²) < 4.78 is 5.91. The average Bonchev–Trinajstić information content (AvgIpc) is 2.87. The zero-order valence-corrected chi connectivity index (χ0v) is 12.5. The van der Waals surface area contributed by atoms with Crippen LogP contribution in [0.15, 0.2) is 47.4 Å². The van der Waals surface area contributed by atoms with E-state index in [2.05, 4.69) is 0 Å². The lowest BCUT2D eigenvalue weighted by Gasteiger charge is -2.10. The standard InChI is InChI=1S/C16H15ClO2S/c17-13-3-6-16-12(7-13)8-14(19-16)10-20-15-4-1-11(9-18)2-5-15/h1-7,14,18H,8-10H2. The lowest BCUT2D eigenvalue weighted by molar-refractivity contribution is 0.259. The van der Waals surface area contributed by atoms with Crippen LogP contribution in [-0.4, -0.2) is 17.0 Å². The van der Waals surface area contributed by atoms with Crippen molar-refractivity contribution in [3.8, 4) is 5.75 Å². The SMILES string of the molecule is OCc1ccc(SCC2Cc3cc(Cl)ccc3O2)cc1. The molecule has 20 heavy (non-hydrogen) atoms. The second-order valence-electron chi connectivity index (χ2n) is 4.81. The van der Waals surface area contributed by atoms with Crippen LogP contribution in [0.5, 0.6) is 5.75 Å². The normalized spacial score (nSPS) is 16.8. The minimum atomic E-state index is 0.0900. The summed E-state index contributed by atoms with van der Waals surface area (Å²) in [6.07, 6.45) is 1.11. The maximum atomic E-state index is 9.02. The number of ether oxygens (including phenoxy) is 1. The Morgan fingerprint density at radius 3 is 2.75 bits per heavy atom. The highest BCUT2D eigenvalue weighted by atomic mass is 35.5. The highest BCUT2D eigenvalue weighted by molar-refractivity contribution is 7.99. The van der Waals surface area contributed by atoms with Crippen molar-refractivity contribution < 1.29 is 9.84 Å². The molecule has 1 atom stereocenters. The molecule has 1 aliphatic rings. The van der Waals surface area contributed by atoms with E-state index in [1.165, 1.54) is 10.5 Å². The van der Waals surface area contributed by atoms with Crippen molar-refractivity contribution in [3.63, 3.8) is 0 Å². The van der Waals surface area contributed by atoms with E-state index < -0.39 is 0 Å². The molecule has 104 valence electrons. The molecule has 0 aliphatic carbocycles. The monoisotopic (exact) mass is 306 g/mol. The topological polar surface area (TPSA) is 29.5 Å². The maximum absolute atomic E-state index is 9.02. The number of benzene rings is 2. The third-order valence-electron chi connectivity index (χ3n) is 3.31. The highest BCUT2D eigenvalue weighted by Gasteiger charge is 2.22. The van der Waals surface area contributed by atoms with Gasteiger partial charge in [0.25, 0.3) is 0 Å². The summed E-state index contributed by atoms with van der Waals surface area (Å²) in [6.45, 7) is 0.0900. The molecule has 1 N–H and O–H groups in total. The summed E-state index contributed by atoms with van der Waals surface area (Å²) in [7, 11) is 0. The quantitative estimate of drug-likeness (QED) is 0.868.